The molecule has 2 amide bonds. The van der Waals surface area contributed by atoms with E-state index in [1.807, 2.05) is 0 Å². The Bertz CT molecular complexity index is 989. The number of anilines is 2. The lowest BCUT2D eigenvalue weighted by molar-refractivity contribution is 0.101. The second kappa shape index (κ2) is 8.92. The maximum absolute atomic E-state index is 12.6. The topological polar surface area (TPSA) is 58.2 Å². The first-order valence-corrected chi connectivity index (χ1v) is 9.69. The summed E-state index contributed by atoms with van der Waals surface area (Å²) in [5.41, 5.74) is 1.38. The fraction of sp³-hybridized carbons (Fsp3) is 0. The molecule has 0 aliphatic rings. The first kappa shape index (κ1) is 20.6. The van der Waals surface area contributed by atoms with Crippen LogP contribution in [0.15, 0.2) is 70.5 Å². The molecule has 0 radical (unpaired) electrons. The van der Waals surface area contributed by atoms with Gasteiger partial charge in [0.15, 0.2) is 0 Å². The number of rotatable bonds is 4. The molecule has 0 aliphatic heterocycles. The van der Waals surface area contributed by atoms with E-state index in [4.69, 9.17) is 23.2 Å². The zero-order valence-electron chi connectivity index (χ0n) is 14.2. The summed E-state index contributed by atoms with van der Waals surface area (Å²) in [4.78, 5) is 26.3. The van der Waals surface area contributed by atoms with Crippen LogP contribution in [0.3, 0.4) is 0 Å². The predicted octanol–water partition coefficient (Wildman–Crippen LogP) is 6.08. The van der Waals surface area contributed by atoms with Crippen molar-refractivity contribution in [3.63, 3.8) is 0 Å². The van der Waals surface area contributed by atoms with Crippen molar-refractivity contribution >= 4 is 71.6 Å². The number of halogens is 2. The lowest BCUT2D eigenvalue weighted by Gasteiger charge is -2.15. The van der Waals surface area contributed by atoms with Crippen molar-refractivity contribution in [2.24, 2.45) is 0 Å². The second-order valence-electron chi connectivity index (χ2n) is 5.75. The van der Waals surface area contributed by atoms with Crippen LogP contribution in [0, 0.1) is 0 Å². The summed E-state index contributed by atoms with van der Waals surface area (Å²) in [5, 5.41) is 5.96. The minimum absolute atomic E-state index is 0.240. The van der Waals surface area contributed by atoms with Crippen LogP contribution >= 0.6 is 48.5 Å². The molecule has 0 bridgehead atoms. The van der Waals surface area contributed by atoms with Crippen molar-refractivity contribution in [1.29, 1.82) is 0 Å². The molecule has 0 spiro atoms. The van der Waals surface area contributed by atoms with E-state index in [9.17, 15) is 9.59 Å². The van der Waals surface area contributed by atoms with Crippen molar-refractivity contribution in [3.8, 4) is 0 Å². The number of carbonyl (C=O) groups is 2. The van der Waals surface area contributed by atoms with Crippen molar-refractivity contribution < 1.29 is 9.59 Å². The molecular weight excluding hydrogens is 435 g/mol. The van der Waals surface area contributed by atoms with E-state index in [0.29, 0.717) is 32.3 Å². The van der Waals surface area contributed by atoms with Gasteiger partial charge >= 0.3 is 0 Å². The van der Waals surface area contributed by atoms with Gasteiger partial charge < -0.3 is 10.6 Å². The van der Waals surface area contributed by atoms with E-state index in [0.717, 1.165) is 0 Å². The SMILES string of the molecule is O=C(Nc1cc(Cl)c(Cl)cc1NC(=O)c1ccccc1S)c1ccccc1S. The molecule has 0 heterocycles. The van der Waals surface area contributed by atoms with Crippen molar-refractivity contribution in [3.05, 3.63) is 81.8 Å². The fourth-order valence-corrected chi connectivity index (χ4v) is 3.32. The average molecular weight is 449 g/mol. The Kier molecular flexibility index (Phi) is 6.57. The lowest BCUT2D eigenvalue weighted by atomic mass is 10.1. The van der Waals surface area contributed by atoms with Crippen LogP contribution in [0.2, 0.25) is 10.0 Å². The summed E-state index contributed by atoms with van der Waals surface area (Å²) in [6, 6.07) is 16.7. The largest absolute Gasteiger partial charge is 0.320 e. The first-order chi connectivity index (χ1) is 13.4. The van der Waals surface area contributed by atoms with Crippen molar-refractivity contribution in [2.75, 3.05) is 10.6 Å². The van der Waals surface area contributed by atoms with Gasteiger partial charge in [0, 0.05) is 9.79 Å². The van der Waals surface area contributed by atoms with E-state index in [2.05, 4.69) is 35.9 Å². The summed E-state index contributed by atoms with van der Waals surface area (Å²) < 4.78 is 0. The molecule has 0 aromatic heterocycles. The van der Waals surface area contributed by atoms with E-state index >= 15 is 0 Å². The average Bonchev–Trinajstić information content (AvgIpc) is 2.66. The van der Waals surface area contributed by atoms with E-state index < -0.39 is 11.8 Å². The zero-order valence-corrected chi connectivity index (χ0v) is 17.5. The molecule has 3 aromatic rings. The fourth-order valence-electron chi connectivity index (χ4n) is 2.46. The van der Waals surface area contributed by atoms with Crippen LogP contribution in [0.1, 0.15) is 20.7 Å². The van der Waals surface area contributed by atoms with Gasteiger partial charge in [-0.05, 0) is 36.4 Å². The Labute approximate surface area is 183 Å². The molecule has 0 unspecified atom stereocenters. The maximum atomic E-state index is 12.6. The summed E-state index contributed by atoms with van der Waals surface area (Å²) in [6.45, 7) is 0. The smallest absolute Gasteiger partial charge is 0.256 e. The van der Waals surface area contributed by atoms with Gasteiger partial charge in [-0.3, -0.25) is 9.59 Å². The molecule has 0 saturated carbocycles. The quantitative estimate of drug-likeness (QED) is 0.365. The third kappa shape index (κ3) is 4.64. The number of thiol groups is 2. The summed E-state index contributed by atoms with van der Waals surface area (Å²) in [5.74, 6) is -0.789. The van der Waals surface area contributed by atoms with Crippen LogP contribution in [-0.2, 0) is 0 Å². The molecular formula is C20H14Cl2N2O2S2. The number of nitrogens with one attached hydrogen (secondary N) is 2. The monoisotopic (exact) mass is 448 g/mol. The molecule has 4 nitrogen and oxygen atoms in total. The highest BCUT2D eigenvalue weighted by Gasteiger charge is 2.17. The van der Waals surface area contributed by atoms with Gasteiger partial charge in [-0.2, -0.15) is 0 Å². The summed E-state index contributed by atoms with van der Waals surface area (Å²) in [7, 11) is 0. The molecule has 3 aromatic carbocycles. The molecule has 2 N–H and O–H groups in total. The highest BCUT2D eigenvalue weighted by Crippen LogP contribution is 2.33. The Hall–Kier alpha value is -2.12. The Morgan fingerprint density at radius 2 is 1.04 bits per heavy atom. The third-order valence-electron chi connectivity index (χ3n) is 3.85. The van der Waals surface area contributed by atoms with Gasteiger partial charge in [0.1, 0.15) is 0 Å². The maximum Gasteiger partial charge on any atom is 0.256 e. The third-order valence-corrected chi connectivity index (χ3v) is 5.36. The van der Waals surface area contributed by atoms with Gasteiger partial charge in [0.25, 0.3) is 11.8 Å². The molecule has 8 heteroatoms. The van der Waals surface area contributed by atoms with E-state index in [-0.39, 0.29) is 10.0 Å². The van der Waals surface area contributed by atoms with Crippen LogP contribution in [0.5, 0.6) is 0 Å². The molecule has 28 heavy (non-hydrogen) atoms. The molecule has 142 valence electrons. The molecule has 0 fully saturated rings. The number of carbonyl (C=O) groups excluding carboxylic acids is 2. The number of benzene rings is 3. The van der Waals surface area contributed by atoms with Gasteiger partial charge in [0.2, 0.25) is 0 Å². The normalized spacial score (nSPS) is 10.4. The minimum Gasteiger partial charge on any atom is -0.320 e. The van der Waals surface area contributed by atoms with E-state index in [1.165, 1.54) is 12.1 Å². The molecule has 0 saturated heterocycles. The van der Waals surface area contributed by atoms with Gasteiger partial charge in [-0.25, -0.2) is 0 Å². The van der Waals surface area contributed by atoms with Crippen LogP contribution in [0.4, 0.5) is 11.4 Å². The van der Waals surface area contributed by atoms with Crippen LogP contribution < -0.4 is 10.6 Å². The Morgan fingerprint density at radius 3 is 1.39 bits per heavy atom. The number of amides is 2. The predicted molar refractivity (Wildman–Crippen MR) is 120 cm³/mol. The molecule has 0 atom stereocenters. The minimum atomic E-state index is -0.394. The molecule has 0 aliphatic carbocycles. The van der Waals surface area contributed by atoms with Crippen LogP contribution in [-0.4, -0.2) is 11.8 Å². The zero-order chi connectivity index (χ0) is 20.3. The second-order valence-corrected chi connectivity index (χ2v) is 7.53. The first-order valence-electron chi connectivity index (χ1n) is 8.04. The summed E-state index contributed by atoms with van der Waals surface area (Å²) in [6.07, 6.45) is 0. The van der Waals surface area contributed by atoms with Crippen molar-refractivity contribution in [2.45, 2.75) is 9.79 Å². The highest BCUT2D eigenvalue weighted by atomic mass is 35.5. The van der Waals surface area contributed by atoms with Crippen LogP contribution in [0.25, 0.3) is 0 Å². The van der Waals surface area contributed by atoms with Gasteiger partial charge in [-0.15, -0.1) is 25.3 Å². The number of hydrogen-bond acceptors (Lipinski definition) is 4. The Balaban J connectivity index is 1.93. The van der Waals surface area contributed by atoms with Gasteiger partial charge in [-0.1, -0.05) is 47.5 Å². The Morgan fingerprint density at radius 1 is 0.679 bits per heavy atom. The highest BCUT2D eigenvalue weighted by molar-refractivity contribution is 7.80. The van der Waals surface area contributed by atoms with Crippen molar-refractivity contribution in [1.82, 2.24) is 0 Å². The standard InChI is InChI=1S/C20H14Cl2N2O2S2/c21-13-9-15(23-19(25)11-5-1-3-7-17(11)27)16(10-14(13)22)24-20(26)12-6-2-4-8-18(12)28/h1-10,27-28H,(H,23,25)(H,24,26). The molecule has 3 rings (SSSR count). The van der Waals surface area contributed by atoms with E-state index in [1.54, 1.807) is 48.5 Å². The summed E-state index contributed by atoms with van der Waals surface area (Å²) >= 11 is 20.8. The number of hydrogen-bond donors (Lipinski definition) is 4. The van der Waals surface area contributed by atoms with Gasteiger partial charge in [0.05, 0.1) is 32.5 Å². The lowest BCUT2D eigenvalue weighted by Crippen LogP contribution is -2.17.